The standard InChI is InChI=1S/C17H21NO2S/c1-11(2)20-17(19)14-5-7-16(8-6-14)18-10-15-9-12(3)21-13(15)4/h5-9,11,18H,10H2,1-4H3. The van der Waals surface area contributed by atoms with E-state index >= 15 is 0 Å². The van der Waals surface area contributed by atoms with Crippen LogP contribution in [0.5, 0.6) is 0 Å². The van der Waals surface area contributed by atoms with Gasteiger partial charge in [0.1, 0.15) is 0 Å². The molecule has 2 aromatic rings. The molecular weight excluding hydrogens is 282 g/mol. The summed E-state index contributed by atoms with van der Waals surface area (Å²) in [6.07, 6.45) is -0.0971. The summed E-state index contributed by atoms with van der Waals surface area (Å²) in [5.41, 5.74) is 2.90. The van der Waals surface area contributed by atoms with E-state index in [0.29, 0.717) is 5.56 Å². The molecule has 0 radical (unpaired) electrons. The Hall–Kier alpha value is -1.81. The molecule has 0 saturated carbocycles. The van der Waals surface area contributed by atoms with Gasteiger partial charge in [0.05, 0.1) is 11.7 Å². The van der Waals surface area contributed by atoms with Crippen molar-refractivity contribution in [3.63, 3.8) is 0 Å². The number of carbonyl (C=O) groups is 1. The monoisotopic (exact) mass is 303 g/mol. The third kappa shape index (κ3) is 4.33. The number of anilines is 1. The molecule has 0 saturated heterocycles. The van der Waals surface area contributed by atoms with Gasteiger partial charge in [0.2, 0.25) is 0 Å². The van der Waals surface area contributed by atoms with Crippen molar-refractivity contribution < 1.29 is 9.53 Å². The lowest BCUT2D eigenvalue weighted by atomic mass is 10.2. The predicted molar refractivity (Wildman–Crippen MR) is 88.1 cm³/mol. The summed E-state index contributed by atoms with van der Waals surface area (Å²) in [6, 6.07) is 9.61. The molecule has 3 nitrogen and oxygen atoms in total. The molecule has 1 aromatic carbocycles. The van der Waals surface area contributed by atoms with Crippen LogP contribution in [0.1, 0.15) is 39.5 Å². The molecule has 0 spiro atoms. The number of rotatable bonds is 5. The van der Waals surface area contributed by atoms with Crippen LogP contribution in [-0.4, -0.2) is 12.1 Å². The highest BCUT2D eigenvalue weighted by atomic mass is 32.1. The smallest absolute Gasteiger partial charge is 0.338 e. The van der Waals surface area contributed by atoms with Crippen LogP contribution >= 0.6 is 11.3 Å². The normalized spacial score (nSPS) is 10.7. The van der Waals surface area contributed by atoms with Crippen LogP contribution in [0, 0.1) is 13.8 Å². The van der Waals surface area contributed by atoms with Crippen molar-refractivity contribution in [1.29, 1.82) is 0 Å². The minimum absolute atomic E-state index is 0.0971. The van der Waals surface area contributed by atoms with Gasteiger partial charge in [-0.3, -0.25) is 0 Å². The van der Waals surface area contributed by atoms with Crippen molar-refractivity contribution in [1.82, 2.24) is 0 Å². The molecule has 0 bridgehead atoms. The highest BCUT2D eigenvalue weighted by molar-refractivity contribution is 7.12. The van der Waals surface area contributed by atoms with Crippen molar-refractivity contribution in [3.05, 3.63) is 51.2 Å². The number of hydrogen-bond acceptors (Lipinski definition) is 4. The molecule has 4 heteroatoms. The summed E-state index contributed by atoms with van der Waals surface area (Å²) in [5.74, 6) is -0.277. The fraction of sp³-hybridized carbons (Fsp3) is 0.353. The van der Waals surface area contributed by atoms with E-state index in [9.17, 15) is 4.79 Å². The van der Waals surface area contributed by atoms with E-state index in [4.69, 9.17) is 4.74 Å². The number of hydrogen-bond donors (Lipinski definition) is 1. The Balaban J connectivity index is 1.96. The van der Waals surface area contributed by atoms with Crippen molar-refractivity contribution >= 4 is 23.0 Å². The molecule has 0 amide bonds. The van der Waals surface area contributed by atoms with Gasteiger partial charge in [-0.15, -0.1) is 11.3 Å². The van der Waals surface area contributed by atoms with Gasteiger partial charge in [0, 0.05) is 22.0 Å². The summed E-state index contributed by atoms with van der Waals surface area (Å²) in [7, 11) is 0. The van der Waals surface area contributed by atoms with Gasteiger partial charge < -0.3 is 10.1 Å². The molecule has 0 fully saturated rings. The third-order valence-corrected chi connectivity index (χ3v) is 4.10. The van der Waals surface area contributed by atoms with Gasteiger partial charge in [-0.25, -0.2) is 4.79 Å². The van der Waals surface area contributed by atoms with Crippen molar-refractivity contribution in [2.75, 3.05) is 5.32 Å². The maximum Gasteiger partial charge on any atom is 0.338 e. The molecule has 0 aliphatic carbocycles. The zero-order valence-corrected chi connectivity index (χ0v) is 13.7. The number of carbonyl (C=O) groups excluding carboxylic acids is 1. The zero-order chi connectivity index (χ0) is 15.4. The second-order valence-electron chi connectivity index (χ2n) is 5.32. The first kappa shape index (κ1) is 15.6. The first-order valence-corrected chi connectivity index (χ1v) is 7.88. The fourth-order valence-corrected chi connectivity index (χ4v) is 3.01. The minimum Gasteiger partial charge on any atom is -0.459 e. The molecule has 0 unspecified atom stereocenters. The molecule has 0 aliphatic heterocycles. The lowest BCUT2D eigenvalue weighted by Crippen LogP contribution is -2.11. The maximum absolute atomic E-state index is 11.8. The molecule has 1 heterocycles. The fourth-order valence-electron chi connectivity index (χ4n) is 2.06. The van der Waals surface area contributed by atoms with Crippen LogP contribution in [0.3, 0.4) is 0 Å². The van der Waals surface area contributed by atoms with E-state index in [1.807, 2.05) is 37.3 Å². The van der Waals surface area contributed by atoms with E-state index in [1.165, 1.54) is 15.3 Å². The number of benzene rings is 1. The lowest BCUT2D eigenvalue weighted by Gasteiger charge is -2.09. The van der Waals surface area contributed by atoms with Crippen molar-refractivity contribution in [2.45, 2.75) is 40.3 Å². The van der Waals surface area contributed by atoms with Crippen LogP contribution in [0.25, 0.3) is 0 Å². The van der Waals surface area contributed by atoms with Gasteiger partial charge >= 0.3 is 5.97 Å². The Kier molecular flexibility index (Phi) is 5.02. The number of nitrogens with one attached hydrogen (secondary N) is 1. The van der Waals surface area contributed by atoms with Crippen LogP contribution in [0.4, 0.5) is 5.69 Å². The largest absolute Gasteiger partial charge is 0.459 e. The van der Waals surface area contributed by atoms with Crippen molar-refractivity contribution in [3.8, 4) is 0 Å². The van der Waals surface area contributed by atoms with Gasteiger partial charge in [-0.1, -0.05) is 0 Å². The van der Waals surface area contributed by atoms with Crippen molar-refractivity contribution in [2.24, 2.45) is 0 Å². The van der Waals surface area contributed by atoms with E-state index in [2.05, 4.69) is 25.2 Å². The first-order valence-electron chi connectivity index (χ1n) is 7.06. The second-order valence-corrected chi connectivity index (χ2v) is 6.78. The third-order valence-electron chi connectivity index (χ3n) is 3.09. The highest BCUT2D eigenvalue weighted by Crippen LogP contribution is 2.21. The topological polar surface area (TPSA) is 38.3 Å². The highest BCUT2D eigenvalue weighted by Gasteiger charge is 2.09. The van der Waals surface area contributed by atoms with Crippen LogP contribution < -0.4 is 5.32 Å². The molecule has 2 rings (SSSR count). The molecule has 21 heavy (non-hydrogen) atoms. The van der Waals surface area contributed by atoms with Crippen LogP contribution in [-0.2, 0) is 11.3 Å². The number of esters is 1. The average Bonchev–Trinajstić information content (AvgIpc) is 2.74. The van der Waals surface area contributed by atoms with Gasteiger partial charge in [0.25, 0.3) is 0 Å². The quantitative estimate of drug-likeness (QED) is 0.824. The average molecular weight is 303 g/mol. The summed E-state index contributed by atoms with van der Waals surface area (Å²) >= 11 is 1.82. The molecule has 1 N–H and O–H groups in total. The van der Waals surface area contributed by atoms with E-state index in [1.54, 1.807) is 12.1 Å². The maximum atomic E-state index is 11.8. The Morgan fingerprint density at radius 2 is 1.90 bits per heavy atom. The SMILES string of the molecule is Cc1cc(CNc2ccc(C(=O)OC(C)C)cc2)c(C)s1. The Labute approximate surface area is 130 Å². The summed E-state index contributed by atoms with van der Waals surface area (Å²) in [4.78, 5) is 14.4. The summed E-state index contributed by atoms with van der Waals surface area (Å²) in [6.45, 7) is 8.75. The molecule has 1 aromatic heterocycles. The first-order chi connectivity index (χ1) is 9.95. The summed E-state index contributed by atoms with van der Waals surface area (Å²) < 4.78 is 5.17. The Morgan fingerprint density at radius 3 is 2.43 bits per heavy atom. The predicted octanol–water partition coefficient (Wildman–Crippen LogP) is 4.54. The van der Waals surface area contributed by atoms with E-state index < -0.39 is 0 Å². The molecular formula is C17H21NO2S. The molecule has 0 aliphatic rings. The van der Waals surface area contributed by atoms with Crippen LogP contribution in [0.15, 0.2) is 30.3 Å². The zero-order valence-electron chi connectivity index (χ0n) is 12.9. The number of thiophene rings is 1. The summed E-state index contributed by atoms with van der Waals surface area (Å²) in [5, 5.41) is 3.38. The Morgan fingerprint density at radius 1 is 1.24 bits per heavy atom. The molecule has 0 atom stereocenters. The molecule has 112 valence electrons. The van der Waals surface area contributed by atoms with Crippen LogP contribution in [0.2, 0.25) is 0 Å². The van der Waals surface area contributed by atoms with E-state index in [-0.39, 0.29) is 12.1 Å². The Bertz CT molecular complexity index is 614. The number of ether oxygens (including phenoxy) is 1. The van der Waals surface area contributed by atoms with Gasteiger partial charge in [0.15, 0.2) is 0 Å². The number of aryl methyl sites for hydroxylation is 2. The lowest BCUT2D eigenvalue weighted by molar-refractivity contribution is 0.0378. The second kappa shape index (κ2) is 6.76. The minimum atomic E-state index is -0.277. The van der Waals surface area contributed by atoms with Gasteiger partial charge in [-0.2, -0.15) is 0 Å². The van der Waals surface area contributed by atoms with E-state index in [0.717, 1.165) is 12.2 Å². The van der Waals surface area contributed by atoms with Gasteiger partial charge in [-0.05, 0) is 63.6 Å².